The van der Waals surface area contributed by atoms with E-state index in [1.165, 1.54) is 0 Å². The summed E-state index contributed by atoms with van der Waals surface area (Å²) in [5.74, 6) is 0.251. The molecule has 1 aromatic heterocycles. The fraction of sp³-hybridized carbons (Fsp3) is 0.818. The molecule has 7 heteroatoms. The van der Waals surface area contributed by atoms with Gasteiger partial charge in [0.25, 0.3) is 0 Å². The lowest BCUT2D eigenvalue weighted by Crippen LogP contribution is -2.38. The van der Waals surface area contributed by atoms with E-state index in [1.807, 2.05) is 6.92 Å². The standard InChI is InChI=1S/C11H20N4O2S/c1-2-6-15-9(8-13-14-15)11(12)10-5-3-4-7-18(10,16)17/h8,10-11H,2-7,12H2,1H3. The highest BCUT2D eigenvalue weighted by Crippen LogP contribution is 2.28. The molecule has 18 heavy (non-hydrogen) atoms. The van der Waals surface area contributed by atoms with Crippen molar-refractivity contribution in [2.24, 2.45) is 5.73 Å². The molecular weight excluding hydrogens is 252 g/mol. The van der Waals surface area contributed by atoms with Crippen LogP contribution >= 0.6 is 0 Å². The lowest BCUT2D eigenvalue weighted by Gasteiger charge is -2.27. The lowest BCUT2D eigenvalue weighted by molar-refractivity contribution is 0.472. The highest BCUT2D eigenvalue weighted by atomic mass is 32.2. The van der Waals surface area contributed by atoms with Gasteiger partial charge in [0.05, 0.1) is 28.9 Å². The molecule has 0 radical (unpaired) electrons. The molecule has 6 nitrogen and oxygen atoms in total. The maximum atomic E-state index is 12.1. The smallest absolute Gasteiger partial charge is 0.155 e. The zero-order valence-corrected chi connectivity index (χ0v) is 11.4. The number of hydrogen-bond donors (Lipinski definition) is 1. The minimum Gasteiger partial charge on any atom is -0.322 e. The van der Waals surface area contributed by atoms with Gasteiger partial charge in [-0.1, -0.05) is 18.6 Å². The molecule has 0 saturated carbocycles. The van der Waals surface area contributed by atoms with E-state index >= 15 is 0 Å². The van der Waals surface area contributed by atoms with Crippen LogP contribution < -0.4 is 5.73 Å². The van der Waals surface area contributed by atoms with Crippen molar-refractivity contribution in [1.82, 2.24) is 15.0 Å². The van der Waals surface area contributed by atoms with Gasteiger partial charge in [0.1, 0.15) is 0 Å². The molecule has 2 atom stereocenters. The van der Waals surface area contributed by atoms with Crippen LogP contribution in [0.3, 0.4) is 0 Å². The largest absolute Gasteiger partial charge is 0.322 e. The molecule has 0 spiro atoms. The zero-order chi connectivity index (χ0) is 13.2. The topological polar surface area (TPSA) is 90.9 Å². The summed E-state index contributed by atoms with van der Waals surface area (Å²) in [5.41, 5.74) is 6.87. The molecule has 1 aliphatic heterocycles. The summed E-state index contributed by atoms with van der Waals surface area (Å²) in [6, 6.07) is -0.517. The highest BCUT2D eigenvalue weighted by molar-refractivity contribution is 7.92. The Morgan fingerprint density at radius 3 is 3.00 bits per heavy atom. The number of aryl methyl sites for hydroxylation is 1. The molecule has 2 N–H and O–H groups in total. The summed E-state index contributed by atoms with van der Waals surface area (Å²) in [4.78, 5) is 0. The molecule has 1 aromatic rings. The van der Waals surface area contributed by atoms with Gasteiger partial charge >= 0.3 is 0 Å². The fourth-order valence-corrected chi connectivity index (χ4v) is 4.50. The molecule has 1 saturated heterocycles. The first-order chi connectivity index (χ1) is 8.56. The van der Waals surface area contributed by atoms with Crippen molar-refractivity contribution in [2.45, 2.75) is 50.4 Å². The van der Waals surface area contributed by atoms with Gasteiger partial charge in [-0.3, -0.25) is 0 Å². The summed E-state index contributed by atoms with van der Waals surface area (Å²) in [7, 11) is -3.07. The second-order valence-electron chi connectivity index (χ2n) is 4.81. The van der Waals surface area contributed by atoms with Crippen molar-refractivity contribution < 1.29 is 8.42 Å². The summed E-state index contributed by atoms with van der Waals surface area (Å²) >= 11 is 0. The maximum absolute atomic E-state index is 12.1. The number of nitrogens with zero attached hydrogens (tertiary/aromatic N) is 3. The van der Waals surface area contributed by atoms with Crippen molar-refractivity contribution in [1.29, 1.82) is 0 Å². The molecule has 0 bridgehead atoms. The number of aromatic nitrogens is 3. The van der Waals surface area contributed by atoms with Crippen molar-refractivity contribution in [2.75, 3.05) is 5.75 Å². The van der Waals surface area contributed by atoms with E-state index in [1.54, 1.807) is 10.9 Å². The fourth-order valence-electron chi connectivity index (χ4n) is 2.48. The molecule has 1 aliphatic rings. The molecule has 102 valence electrons. The van der Waals surface area contributed by atoms with Crippen LogP contribution in [0.2, 0.25) is 0 Å². The van der Waals surface area contributed by atoms with E-state index in [0.29, 0.717) is 6.42 Å². The Hall–Kier alpha value is -0.950. The quantitative estimate of drug-likeness (QED) is 0.869. The average Bonchev–Trinajstić information content (AvgIpc) is 2.76. The van der Waals surface area contributed by atoms with Crippen molar-refractivity contribution in [3.05, 3.63) is 11.9 Å². The molecule has 2 heterocycles. The van der Waals surface area contributed by atoms with Crippen molar-refractivity contribution in [3.8, 4) is 0 Å². The van der Waals surface area contributed by atoms with Gasteiger partial charge in [-0.2, -0.15) is 0 Å². The minimum atomic E-state index is -3.07. The summed E-state index contributed by atoms with van der Waals surface area (Å²) < 4.78 is 25.8. The second-order valence-corrected chi connectivity index (χ2v) is 7.15. The van der Waals surface area contributed by atoms with E-state index in [2.05, 4.69) is 10.3 Å². The van der Waals surface area contributed by atoms with Crippen molar-refractivity contribution >= 4 is 9.84 Å². The van der Waals surface area contributed by atoms with Crippen LogP contribution in [0.15, 0.2) is 6.20 Å². The predicted octanol–water partition coefficient (Wildman–Crippen LogP) is 0.655. The number of nitrogens with two attached hydrogens (primary N) is 1. The Kier molecular flexibility index (Phi) is 4.01. The molecular formula is C11H20N4O2S. The van der Waals surface area contributed by atoms with Crippen LogP contribution in [0.25, 0.3) is 0 Å². The predicted molar refractivity (Wildman–Crippen MR) is 68.7 cm³/mol. The van der Waals surface area contributed by atoms with Gasteiger partial charge in [-0.15, -0.1) is 5.10 Å². The van der Waals surface area contributed by atoms with Gasteiger partial charge in [0, 0.05) is 6.54 Å². The normalized spacial score (nSPS) is 24.9. The molecule has 0 amide bonds. The first kappa shape index (κ1) is 13.5. The number of rotatable bonds is 4. The van der Waals surface area contributed by atoms with E-state index in [9.17, 15) is 8.42 Å². The van der Waals surface area contributed by atoms with E-state index in [0.717, 1.165) is 31.5 Å². The third-order valence-corrected chi connectivity index (χ3v) is 5.76. The molecule has 2 unspecified atom stereocenters. The second kappa shape index (κ2) is 5.36. The average molecular weight is 272 g/mol. The third-order valence-electron chi connectivity index (χ3n) is 3.45. The van der Waals surface area contributed by atoms with E-state index < -0.39 is 21.1 Å². The van der Waals surface area contributed by atoms with Crippen LogP contribution in [0.1, 0.15) is 44.3 Å². The number of sulfone groups is 1. The Morgan fingerprint density at radius 1 is 1.56 bits per heavy atom. The van der Waals surface area contributed by atoms with Crippen LogP contribution in [0, 0.1) is 0 Å². The molecule has 2 rings (SSSR count). The van der Waals surface area contributed by atoms with Gasteiger partial charge in [-0.05, 0) is 19.3 Å². The minimum absolute atomic E-state index is 0.251. The van der Waals surface area contributed by atoms with Gasteiger partial charge in [0.2, 0.25) is 0 Å². The Labute approximate surface area is 107 Å². The van der Waals surface area contributed by atoms with Gasteiger partial charge in [0.15, 0.2) is 9.84 Å². The Balaban J connectivity index is 2.24. The zero-order valence-electron chi connectivity index (χ0n) is 10.6. The Bertz CT molecular complexity index is 497. The van der Waals surface area contributed by atoms with E-state index in [4.69, 9.17) is 5.73 Å². The van der Waals surface area contributed by atoms with Crippen molar-refractivity contribution in [3.63, 3.8) is 0 Å². The number of hydrogen-bond acceptors (Lipinski definition) is 5. The van der Waals surface area contributed by atoms with E-state index in [-0.39, 0.29) is 5.75 Å². The maximum Gasteiger partial charge on any atom is 0.155 e. The first-order valence-electron chi connectivity index (χ1n) is 6.42. The summed E-state index contributed by atoms with van der Waals surface area (Å²) in [6.07, 6.45) is 4.82. The lowest BCUT2D eigenvalue weighted by atomic mass is 10.1. The summed E-state index contributed by atoms with van der Waals surface area (Å²) in [5, 5.41) is 7.32. The van der Waals surface area contributed by atoms with Crippen LogP contribution in [-0.4, -0.2) is 34.4 Å². The highest BCUT2D eigenvalue weighted by Gasteiger charge is 2.35. The van der Waals surface area contributed by atoms with Crippen LogP contribution in [0.5, 0.6) is 0 Å². The van der Waals surface area contributed by atoms with Gasteiger partial charge < -0.3 is 5.73 Å². The van der Waals surface area contributed by atoms with Crippen LogP contribution in [-0.2, 0) is 16.4 Å². The molecule has 0 aliphatic carbocycles. The Morgan fingerprint density at radius 2 is 2.33 bits per heavy atom. The third kappa shape index (κ3) is 2.56. The molecule has 1 fully saturated rings. The van der Waals surface area contributed by atoms with Gasteiger partial charge in [-0.25, -0.2) is 13.1 Å². The van der Waals surface area contributed by atoms with Crippen LogP contribution in [0.4, 0.5) is 0 Å². The SMILES string of the molecule is CCCn1nncc1C(N)C1CCCCS1(=O)=O. The monoisotopic (exact) mass is 272 g/mol. The molecule has 0 aromatic carbocycles. The first-order valence-corrected chi connectivity index (χ1v) is 8.13. The summed E-state index contributed by atoms with van der Waals surface area (Å²) in [6.45, 7) is 2.75.